The lowest BCUT2D eigenvalue weighted by Crippen LogP contribution is -2.32. The van der Waals surface area contributed by atoms with Crippen molar-refractivity contribution >= 4 is 46.7 Å². The summed E-state index contributed by atoms with van der Waals surface area (Å²) in [7, 11) is 0. The standard InChI is InChI=1S/C19H19ClN6O2/c1-11-6-2-4-8-13(11)23-18(21)26-19-24-15(17(28)25-19)10-16(27)22-14-9-5-3-7-12(14)20/h2-9,15H,10H2,1H3,(H,22,27)(H4,21,23,24,25,26,28). The third-order valence-electron chi connectivity index (χ3n) is 3.98. The van der Waals surface area contributed by atoms with E-state index < -0.39 is 11.9 Å². The highest BCUT2D eigenvalue weighted by Gasteiger charge is 2.28. The number of carbonyl (C=O) groups excluding carboxylic acids is 2. The lowest BCUT2D eigenvalue weighted by atomic mass is 10.2. The number of nitrogens with zero attached hydrogens (tertiary/aromatic N) is 2. The average molecular weight is 399 g/mol. The number of carbonyl (C=O) groups is 2. The van der Waals surface area contributed by atoms with Crippen molar-refractivity contribution in [2.24, 2.45) is 15.7 Å². The van der Waals surface area contributed by atoms with Crippen molar-refractivity contribution in [3.8, 4) is 0 Å². The van der Waals surface area contributed by atoms with Crippen molar-refractivity contribution < 1.29 is 9.59 Å². The molecule has 1 aliphatic rings. The maximum absolute atomic E-state index is 12.2. The van der Waals surface area contributed by atoms with Gasteiger partial charge in [0, 0.05) is 5.69 Å². The summed E-state index contributed by atoms with van der Waals surface area (Å²) in [5.41, 5.74) is 8.14. The number of amides is 2. The monoisotopic (exact) mass is 398 g/mol. The molecule has 0 fully saturated rings. The Kier molecular flexibility index (Phi) is 5.90. The number of nitrogens with one attached hydrogen (secondary N) is 3. The molecule has 2 aromatic carbocycles. The van der Waals surface area contributed by atoms with Crippen LogP contribution in [0.2, 0.25) is 5.02 Å². The minimum atomic E-state index is -0.882. The number of aliphatic imine (C=N–C) groups is 2. The molecule has 3 rings (SSSR count). The zero-order valence-corrected chi connectivity index (χ0v) is 15.8. The quantitative estimate of drug-likeness (QED) is 0.466. The van der Waals surface area contributed by atoms with Crippen LogP contribution in [0, 0.1) is 6.92 Å². The van der Waals surface area contributed by atoms with E-state index in [2.05, 4.69) is 25.9 Å². The topological polar surface area (TPSA) is 121 Å². The Bertz CT molecular complexity index is 972. The Labute approximate surface area is 166 Å². The Balaban J connectivity index is 1.63. The summed E-state index contributed by atoms with van der Waals surface area (Å²) in [6.45, 7) is 1.93. The fourth-order valence-electron chi connectivity index (χ4n) is 2.56. The zero-order valence-electron chi connectivity index (χ0n) is 15.1. The number of rotatable bonds is 4. The van der Waals surface area contributed by atoms with Crippen LogP contribution in [-0.4, -0.2) is 29.8 Å². The van der Waals surface area contributed by atoms with Gasteiger partial charge in [-0.05, 0) is 30.7 Å². The van der Waals surface area contributed by atoms with E-state index >= 15 is 0 Å². The van der Waals surface area contributed by atoms with Gasteiger partial charge >= 0.3 is 0 Å². The van der Waals surface area contributed by atoms with Gasteiger partial charge in [-0.3, -0.25) is 14.9 Å². The number of para-hydroxylation sites is 2. The SMILES string of the molecule is Cc1ccccc1N/C(N)=N/C1=NC(CC(=O)Nc2ccccc2Cl)C(=O)N1. The molecule has 1 aliphatic heterocycles. The molecule has 5 N–H and O–H groups in total. The Hall–Kier alpha value is -3.39. The molecule has 2 amide bonds. The summed E-state index contributed by atoms with van der Waals surface area (Å²) < 4.78 is 0. The summed E-state index contributed by atoms with van der Waals surface area (Å²) in [5, 5.41) is 8.53. The van der Waals surface area contributed by atoms with Crippen molar-refractivity contribution in [1.29, 1.82) is 0 Å². The van der Waals surface area contributed by atoms with Crippen molar-refractivity contribution in [1.82, 2.24) is 5.32 Å². The van der Waals surface area contributed by atoms with Crippen molar-refractivity contribution in [2.75, 3.05) is 10.6 Å². The van der Waals surface area contributed by atoms with Crippen molar-refractivity contribution in [3.63, 3.8) is 0 Å². The second kappa shape index (κ2) is 8.53. The number of nitrogens with two attached hydrogens (primary N) is 1. The highest BCUT2D eigenvalue weighted by atomic mass is 35.5. The van der Waals surface area contributed by atoms with E-state index in [0.29, 0.717) is 10.7 Å². The minimum Gasteiger partial charge on any atom is -0.369 e. The number of hydrogen-bond donors (Lipinski definition) is 4. The molecule has 1 unspecified atom stereocenters. The molecule has 0 bridgehead atoms. The molecule has 8 nitrogen and oxygen atoms in total. The van der Waals surface area contributed by atoms with Crippen LogP contribution in [0.25, 0.3) is 0 Å². The minimum absolute atomic E-state index is 0.0547. The van der Waals surface area contributed by atoms with Crippen LogP contribution in [0.3, 0.4) is 0 Å². The normalized spacial score (nSPS) is 16.4. The summed E-state index contributed by atoms with van der Waals surface area (Å²) in [6.07, 6.45) is -0.138. The molecular formula is C19H19ClN6O2. The molecule has 0 radical (unpaired) electrons. The predicted octanol–water partition coefficient (Wildman–Crippen LogP) is 2.26. The van der Waals surface area contributed by atoms with Crippen LogP contribution >= 0.6 is 11.6 Å². The van der Waals surface area contributed by atoms with Gasteiger partial charge in [0.15, 0.2) is 0 Å². The van der Waals surface area contributed by atoms with E-state index in [1.165, 1.54) is 0 Å². The van der Waals surface area contributed by atoms with Gasteiger partial charge in [0.25, 0.3) is 5.91 Å². The largest absolute Gasteiger partial charge is 0.369 e. The number of aryl methyl sites for hydroxylation is 1. The summed E-state index contributed by atoms with van der Waals surface area (Å²) in [6, 6.07) is 13.5. The van der Waals surface area contributed by atoms with E-state index in [4.69, 9.17) is 17.3 Å². The lowest BCUT2D eigenvalue weighted by molar-refractivity contribution is -0.123. The number of anilines is 2. The molecule has 0 saturated heterocycles. The van der Waals surface area contributed by atoms with Gasteiger partial charge in [-0.1, -0.05) is 41.9 Å². The van der Waals surface area contributed by atoms with E-state index in [9.17, 15) is 9.59 Å². The highest BCUT2D eigenvalue weighted by molar-refractivity contribution is 6.33. The Morgan fingerprint density at radius 1 is 1.18 bits per heavy atom. The number of benzene rings is 2. The van der Waals surface area contributed by atoms with Gasteiger partial charge in [-0.25, -0.2) is 4.99 Å². The third kappa shape index (κ3) is 4.86. The predicted molar refractivity (Wildman–Crippen MR) is 110 cm³/mol. The van der Waals surface area contributed by atoms with Crippen LogP contribution in [0.1, 0.15) is 12.0 Å². The number of halogens is 1. The molecule has 144 valence electrons. The fraction of sp³-hybridized carbons (Fsp3) is 0.158. The first-order valence-corrected chi connectivity index (χ1v) is 8.90. The van der Waals surface area contributed by atoms with Crippen LogP contribution < -0.4 is 21.7 Å². The second-order valence-corrected chi connectivity index (χ2v) is 6.53. The zero-order chi connectivity index (χ0) is 20.1. The van der Waals surface area contributed by atoms with Crippen molar-refractivity contribution in [2.45, 2.75) is 19.4 Å². The van der Waals surface area contributed by atoms with Crippen LogP contribution in [0.15, 0.2) is 58.5 Å². The van der Waals surface area contributed by atoms with Gasteiger partial charge in [0.05, 0.1) is 17.1 Å². The lowest BCUT2D eigenvalue weighted by Gasteiger charge is -2.08. The first kappa shape index (κ1) is 19.4. The third-order valence-corrected chi connectivity index (χ3v) is 4.31. The van der Waals surface area contributed by atoms with Gasteiger partial charge < -0.3 is 16.4 Å². The van der Waals surface area contributed by atoms with E-state index in [1.807, 2.05) is 31.2 Å². The molecule has 0 aliphatic carbocycles. The summed E-state index contributed by atoms with van der Waals surface area (Å²) >= 11 is 6.01. The fourth-order valence-corrected chi connectivity index (χ4v) is 2.74. The molecular weight excluding hydrogens is 380 g/mol. The molecule has 0 aromatic heterocycles. The van der Waals surface area contributed by atoms with Gasteiger partial charge in [-0.15, -0.1) is 0 Å². The maximum Gasteiger partial charge on any atom is 0.252 e. The Morgan fingerprint density at radius 2 is 1.86 bits per heavy atom. The van der Waals surface area contributed by atoms with E-state index in [1.54, 1.807) is 24.3 Å². The van der Waals surface area contributed by atoms with Crippen LogP contribution in [-0.2, 0) is 9.59 Å². The summed E-state index contributed by atoms with van der Waals surface area (Å²) in [5.74, 6) is -0.668. The van der Waals surface area contributed by atoms with Gasteiger partial charge in [0.2, 0.25) is 17.8 Å². The maximum atomic E-state index is 12.2. The van der Waals surface area contributed by atoms with Gasteiger partial charge in [0.1, 0.15) is 6.04 Å². The molecule has 0 spiro atoms. The molecule has 0 saturated carbocycles. The van der Waals surface area contributed by atoms with E-state index in [-0.39, 0.29) is 24.2 Å². The average Bonchev–Trinajstić information content (AvgIpc) is 2.97. The van der Waals surface area contributed by atoms with Gasteiger partial charge in [-0.2, -0.15) is 4.99 Å². The first-order chi connectivity index (χ1) is 13.4. The molecule has 2 aromatic rings. The molecule has 28 heavy (non-hydrogen) atoms. The molecule has 9 heteroatoms. The Morgan fingerprint density at radius 3 is 2.57 bits per heavy atom. The molecule has 1 atom stereocenters. The second-order valence-electron chi connectivity index (χ2n) is 6.13. The van der Waals surface area contributed by atoms with E-state index in [0.717, 1.165) is 11.3 Å². The summed E-state index contributed by atoms with van der Waals surface area (Å²) in [4.78, 5) is 32.5. The van der Waals surface area contributed by atoms with Crippen LogP contribution in [0.4, 0.5) is 11.4 Å². The van der Waals surface area contributed by atoms with Crippen LogP contribution in [0.5, 0.6) is 0 Å². The first-order valence-electron chi connectivity index (χ1n) is 8.52. The smallest absolute Gasteiger partial charge is 0.252 e. The van der Waals surface area contributed by atoms with Crippen molar-refractivity contribution in [3.05, 3.63) is 59.1 Å². The highest BCUT2D eigenvalue weighted by Crippen LogP contribution is 2.21. The molecule has 1 heterocycles. The number of guanidine groups is 2. The number of hydrogen-bond acceptors (Lipinski definition) is 4.